The van der Waals surface area contributed by atoms with Crippen molar-refractivity contribution in [3.05, 3.63) is 29.8 Å². The first-order chi connectivity index (χ1) is 11.1. The Balaban J connectivity index is 2.21. The molecule has 0 bridgehead atoms. The molecule has 0 atom stereocenters. The number of rotatable bonds is 4. The first-order valence-corrected chi connectivity index (χ1v) is 9.36. The molecule has 1 aromatic carbocycles. The van der Waals surface area contributed by atoms with Crippen molar-refractivity contribution in [2.24, 2.45) is 0 Å². The summed E-state index contributed by atoms with van der Waals surface area (Å²) in [4.78, 5) is 13.9. The van der Waals surface area contributed by atoms with Crippen LogP contribution in [0.2, 0.25) is 0 Å². The predicted molar refractivity (Wildman–Crippen MR) is 84.1 cm³/mol. The number of carbonyl (C=O) groups is 1. The number of anilines is 1. The van der Waals surface area contributed by atoms with Gasteiger partial charge < -0.3 is 4.90 Å². The van der Waals surface area contributed by atoms with E-state index < -0.39 is 28.3 Å². The molecule has 1 aromatic rings. The van der Waals surface area contributed by atoms with Crippen LogP contribution in [0, 0.1) is 0 Å². The maximum Gasteiger partial charge on any atom is 0.416 e. The number of amides is 1. The summed E-state index contributed by atoms with van der Waals surface area (Å²) in [7, 11) is -3.80. The van der Waals surface area contributed by atoms with E-state index in [4.69, 9.17) is 0 Å². The number of hydrogen-bond acceptors (Lipinski definition) is 3. The van der Waals surface area contributed by atoms with Gasteiger partial charge in [-0.1, -0.05) is 0 Å². The zero-order valence-electron chi connectivity index (χ0n) is 13.2. The van der Waals surface area contributed by atoms with Crippen molar-refractivity contribution in [3.63, 3.8) is 0 Å². The van der Waals surface area contributed by atoms with Crippen molar-refractivity contribution in [1.29, 1.82) is 0 Å². The van der Waals surface area contributed by atoms with Crippen molar-refractivity contribution >= 4 is 21.6 Å². The number of alkyl halides is 3. The van der Waals surface area contributed by atoms with Gasteiger partial charge in [0.05, 0.1) is 17.5 Å². The van der Waals surface area contributed by atoms with E-state index in [0.29, 0.717) is 13.1 Å². The summed E-state index contributed by atoms with van der Waals surface area (Å²) in [5, 5.41) is 0. The van der Waals surface area contributed by atoms with E-state index in [2.05, 4.69) is 0 Å². The Morgan fingerprint density at radius 1 is 1.12 bits per heavy atom. The fourth-order valence-corrected chi connectivity index (χ4v) is 3.43. The molecule has 2 rings (SSSR count). The van der Waals surface area contributed by atoms with E-state index in [-0.39, 0.29) is 11.6 Å². The summed E-state index contributed by atoms with van der Waals surface area (Å²) < 4.78 is 62.6. The van der Waals surface area contributed by atoms with Gasteiger partial charge in [-0.15, -0.1) is 0 Å². The minimum Gasteiger partial charge on any atom is -0.341 e. The molecule has 0 N–H and O–H groups in total. The lowest BCUT2D eigenvalue weighted by Crippen LogP contribution is -2.44. The van der Waals surface area contributed by atoms with Crippen LogP contribution in [0.3, 0.4) is 0 Å². The highest BCUT2D eigenvalue weighted by atomic mass is 32.2. The fraction of sp³-hybridized carbons (Fsp3) is 0.533. The maximum atomic E-state index is 12.6. The number of likely N-dealkylation sites (tertiary alicyclic amines) is 1. The highest BCUT2D eigenvalue weighted by molar-refractivity contribution is 7.92. The van der Waals surface area contributed by atoms with E-state index in [0.717, 1.165) is 54.1 Å². The number of piperidine rings is 1. The molecule has 0 aliphatic carbocycles. The topological polar surface area (TPSA) is 57.7 Å². The maximum absolute atomic E-state index is 12.6. The summed E-state index contributed by atoms with van der Waals surface area (Å²) in [5.74, 6) is -0.347. The van der Waals surface area contributed by atoms with Gasteiger partial charge >= 0.3 is 6.18 Å². The molecule has 0 unspecified atom stereocenters. The van der Waals surface area contributed by atoms with Gasteiger partial charge in [-0.2, -0.15) is 13.2 Å². The van der Waals surface area contributed by atoms with Gasteiger partial charge in [0.25, 0.3) is 0 Å². The Morgan fingerprint density at radius 2 is 1.67 bits per heavy atom. The zero-order chi connectivity index (χ0) is 18.0. The first-order valence-electron chi connectivity index (χ1n) is 7.52. The van der Waals surface area contributed by atoms with Gasteiger partial charge in [0, 0.05) is 13.1 Å². The van der Waals surface area contributed by atoms with Gasteiger partial charge in [0.1, 0.15) is 6.54 Å². The molecule has 1 saturated heterocycles. The summed E-state index contributed by atoms with van der Waals surface area (Å²) in [5.41, 5.74) is -0.835. The lowest BCUT2D eigenvalue weighted by molar-refractivity contribution is -0.137. The van der Waals surface area contributed by atoms with Gasteiger partial charge in [-0.25, -0.2) is 8.42 Å². The second-order valence-corrected chi connectivity index (χ2v) is 7.66. The van der Waals surface area contributed by atoms with E-state index in [9.17, 15) is 26.4 Å². The van der Waals surface area contributed by atoms with Crippen LogP contribution < -0.4 is 4.31 Å². The minimum atomic E-state index is -4.50. The third kappa shape index (κ3) is 4.62. The molecular formula is C15H19F3N2O3S. The molecule has 1 aliphatic heterocycles. The van der Waals surface area contributed by atoms with Crippen LogP contribution in [-0.4, -0.2) is 45.1 Å². The molecule has 1 fully saturated rings. The lowest BCUT2D eigenvalue weighted by atomic mass is 10.1. The van der Waals surface area contributed by atoms with Crippen LogP contribution in [0.4, 0.5) is 18.9 Å². The number of hydrogen-bond donors (Lipinski definition) is 0. The van der Waals surface area contributed by atoms with Crippen LogP contribution in [0.25, 0.3) is 0 Å². The summed E-state index contributed by atoms with van der Waals surface area (Å²) in [6, 6.07) is 3.73. The molecule has 24 heavy (non-hydrogen) atoms. The van der Waals surface area contributed by atoms with E-state index in [1.165, 1.54) is 0 Å². The van der Waals surface area contributed by atoms with Crippen molar-refractivity contribution in [2.75, 3.05) is 30.2 Å². The third-order valence-corrected chi connectivity index (χ3v) is 5.01. The van der Waals surface area contributed by atoms with E-state index in [1.807, 2.05) is 0 Å². The lowest BCUT2D eigenvalue weighted by Gasteiger charge is -2.30. The Bertz CT molecular complexity index is 681. The Hall–Kier alpha value is -1.77. The van der Waals surface area contributed by atoms with Crippen LogP contribution in [-0.2, 0) is 21.0 Å². The van der Waals surface area contributed by atoms with Crippen LogP contribution in [0.15, 0.2) is 24.3 Å². The minimum absolute atomic E-state index is 0.0378. The average molecular weight is 364 g/mol. The van der Waals surface area contributed by atoms with Crippen LogP contribution in [0.5, 0.6) is 0 Å². The summed E-state index contributed by atoms with van der Waals surface area (Å²) >= 11 is 0. The number of sulfonamides is 1. The van der Waals surface area contributed by atoms with Crippen LogP contribution in [0.1, 0.15) is 24.8 Å². The second kappa shape index (κ2) is 7.00. The number of benzene rings is 1. The number of carbonyl (C=O) groups excluding carboxylic acids is 1. The molecule has 1 amide bonds. The quantitative estimate of drug-likeness (QED) is 0.825. The van der Waals surface area contributed by atoms with E-state index in [1.54, 1.807) is 4.90 Å². The SMILES string of the molecule is CS(=O)(=O)N(CC(=O)N1CCCCC1)c1ccc(C(F)(F)F)cc1. The van der Waals surface area contributed by atoms with E-state index >= 15 is 0 Å². The first kappa shape index (κ1) is 18.6. The molecule has 9 heteroatoms. The highest BCUT2D eigenvalue weighted by Gasteiger charge is 2.31. The zero-order valence-corrected chi connectivity index (χ0v) is 14.0. The van der Waals surface area contributed by atoms with Crippen molar-refractivity contribution in [2.45, 2.75) is 25.4 Å². The molecule has 0 radical (unpaired) electrons. The normalized spacial score (nSPS) is 16.1. The van der Waals surface area contributed by atoms with Gasteiger partial charge in [0.2, 0.25) is 15.9 Å². The standard InChI is InChI=1S/C15H19F3N2O3S/c1-24(22,23)20(11-14(21)19-9-3-2-4-10-19)13-7-5-12(6-8-13)15(16,17)18/h5-8H,2-4,9-11H2,1H3. The van der Waals surface area contributed by atoms with Crippen molar-refractivity contribution in [3.8, 4) is 0 Å². The average Bonchev–Trinajstić information content (AvgIpc) is 2.51. The third-order valence-electron chi connectivity index (χ3n) is 3.87. The Labute approximate surface area is 139 Å². The second-order valence-electron chi connectivity index (χ2n) is 5.76. The highest BCUT2D eigenvalue weighted by Crippen LogP contribution is 2.31. The number of nitrogens with zero attached hydrogens (tertiary/aromatic N) is 2. The largest absolute Gasteiger partial charge is 0.416 e. The fourth-order valence-electron chi connectivity index (χ4n) is 2.58. The van der Waals surface area contributed by atoms with Gasteiger partial charge in [-0.3, -0.25) is 9.10 Å². The van der Waals surface area contributed by atoms with Gasteiger partial charge in [0.15, 0.2) is 0 Å². The molecule has 0 aromatic heterocycles. The molecular weight excluding hydrogens is 345 g/mol. The summed E-state index contributed by atoms with van der Waals surface area (Å²) in [6.45, 7) is 0.733. The summed E-state index contributed by atoms with van der Waals surface area (Å²) in [6.07, 6.45) is -0.819. The molecule has 1 aliphatic rings. The Morgan fingerprint density at radius 3 is 2.12 bits per heavy atom. The van der Waals surface area contributed by atoms with Crippen molar-refractivity contribution < 1.29 is 26.4 Å². The molecule has 134 valence electrons. The predicted octanol–water partition coefficient (Wildman–Crippen LogP) is 2.48. The molecule has 0 spiro atoms. The Kier molecular flexibility index (Phi) is 5.42. The molecule has 5 nitrogen and oxygen atoms in total. The van der Waals surface area contributed by atoms with Gasteiger partial charge in [-0.05, 0) is 43.5 Å². The number of halogens is 3. The monoisotopic (exact) mass is 364 g/mol. The smallest absolute Gasteiger partial charge is 0.341 e. The van der Waals surface area contributed by atoms with Crippen LogP contribution >= 0.6 is 0 Å². The molecule has 1 heterocycles. The molecule has 0 saturated carbocycles. The van der Waals surface area contributed by atoms with Crippen molar-refractivity contribution in [1.82, 2.24) is 4.90 Å².